The van der Waals surface area contributed by atoms with Gasteiger partial charge in [-0.2, -0.15) is 0 Å². The molecule has 1 aliphatic heterocycles. The van der Waals surface area contributed by atoms with E-state index in [0.717, 1.165) is 18.4 Å². The minimum Gasteiger partial charge on any atom is -0.390 e. The van der Waals surface area contributed by atoms with Crippen LogP contribution in [-0.4, -0.2) is 23.4 Å². The highest BCUT2D eigenvalue weighted by Gasteiger charge is 2.28. The monoisotopic (exact) mass is 274 g/mol. The minimum absolute atomic E-state index is 0.0561. The van der Waals surface area contributed by atoms with Gasteiger partial charge in [0.05, 0.1) is 28.4 Å². The lowest BCUT2D eigenvalue weighted by molar-refractivity contribution is -0.0278. The topological polar surface area (TPSA) is 29.5 Å². The van der Waals surface area contributed by atoms with E-state index in [1.54, 1.807) is 12.1 Å². The molecule has 94 valence electrons. The normalized spacial score (nSPS) is 26.1. The van der Waals surface area contributed by atoms with Crippen molar-refractivity contribution in [1.82, 2.24) is 0 Å². The predicted molar refractivity (Wildman–Crippen MR) is 69.7 cm³/mol. The highest BCUT2D eigenvalue weighted by Crippen LogP contribution is 2.26. The largest absolute Gasteiger partial charge is 0.390 e. The van der Waals surface area contributed by atoms with Crippen molar-refractivity contribution in [1.29, 1.82) is 0 Å². The Hall–Kier alpha value is -0.280. The summed E-state index contributed by atoms with van der Waals surface area (Å²) in [6.07, 6.45) is 2.21. The molecule has 0 radical (unpaired) electrons. The van der Waals surface area contributed by atoms with Crippen LogP contribution < -0.4 is 0 Å². The lowest BCUT2D eigenvalue weighted by Crippen LogP contribution is -2.28. The second kappa shape index (κ2) is 5.57. The number of rotatable bonds is 3. The second-order valence-corrected chi connectivity index (χ2v) is 5.40. The van der Waals surface area contributed by atoms with Gasteiger partial charge in [-0.25, -0.2) is 0 Å². The van der Waals surface area contributed by atoms with Crippen LogP contribution in [0, 0.1) is 0 Å². The van der Waals surface area contributed by atoms with Gasteiger partial charge in [-0.15, -0.1) is 0 Å². The molecule has 1 heterocycles. The lowest BCUT2D eigenvalue weighted by atomic mass is 10.0. The zero-order valence-corrected chi connectivity index (χ0v) is 11.2. The quantitative estimate of drug-likeness (QED) is 0.915. The van der Waals surface area contributed by atoms with E-state index in [2.05, 4.69) is 0 Å². The summed E-state index contributed by atoms with van der Waals surface area (Å²) in [7, 11) is 0. The highest BCUT2D eigenvalue weighted by atomic mass is 35.5. The Morgan fingerprint density at radius 3 is 2.71 bits per heavy atom. The zero-order valence-electron chi connectivity index (χ0n) is 9.70. The van der Waals surface area contributed by atoms with Gasteiger partial charge in [0.25, 0.3) is 0 Å². The summed E-state index contributed by atoms with van der Waals surface area (Å²) in [5.74, 6) is 0. The van der Waals surface area contributed by atoms with Crippen LogP contribution in [0.5, 0.6) is 0 Å². The van der Waals surface area contributed by atoms with Crippen LogP contribution in [0.4, 0.5) is 0 Å². The molecule has 0 saturated carbocycles. The van der Waals surface area contributed by atoms with Crippen molar-refractivity contribution in [3.8, 4) is 0 Å². The molecule has 0 spiro atoms. The maximum absolute atomic E-state index is 10.1. The Labute approximate surface area is 111 Å². The molecule has 1 aromatic carbocycles. The van der Waals surface area contributed by atoms with E-state index in [1.807, 2.05) is 13.0 Å². The molecule has 2 nitrogen and oxygen atoms in total. The molecule has 1 aromatic rings. The predicted octanol–water partition coefficient (Wildman–Crippen LogP) is 3.46. The first-order chi connectivity index (χ1) is 8.06. The Morgan fingerprint density at radius 1 is 1.35 bits per heavy atom. The molecule has 0 amide bonds. The van der Waals surface area contributed by atoms with Crippen LogP contribution in [0.2, 0.25) is 10.0 Å². The molecule has 0 aromatic heterocycles. The molecule has 1 N–H and O–H groups in total. The van der Waals surface area contributed by atoms with Crippen LogP contribution in [0.15, 0.2) is 18.2 Å². The van der Waals surface area contributed by atoms with Gasteiger partial charge >= 0.3 is 0 Å². The van der Waals surface area contributed by atoms with Gasteiger partial charge in [-0.05, 0) is 37.5 Å². The van der Waals surface area contributed by atoms with E-state index in [1.165, 1.54) is 0 Å². The number of hydrogen-bond donors (Lipinski definition) is 1. The summed E-state index contributed by atoms with van der Waals surface area (Å²) in [6.45, 7) is 2.03. The third-order valence-corrected chi connectivity index (χ3v) is 3.86. The number of halogens is 2. The number of hydrogen-bond acceptors (Lipinski definition) is 2. The molecule has 4 heteroatoms. The fraction of sp³-hybridized carbons (Fsp3) is 0.538. The Bertz CT molecular complexity index is 395. The molecular weight excluding hydrogens is 259 g/mol. The van der Waals surface area contributed by atoms with E-state index in [0.29, 0.717) is 16.5 Å². The highest BCUT2D eigenvalue weighted by molar-refractivity contribution is 6.42. The lowest BCUT2D eigenvalue weighted by Gasteiger charge is -2.18. The van der Waals surface area contributed by atoms with E-state index < -0.39 is 6.10 Å². The molecule has 1 fully saturated rings. The van der Waals surface area contributed by atoms with Crippen molar-refractivity contribution in [2.75, 3.05) is 0 Å². The maximum Gasteiger partial charge on any atom is 0.0842 e. The SMILES string of the molecule is CC1CCC(C(O)Cc2ccc(Cl)c(Cl)c2)O1. The molecular formula is C13H16Cl2O2. The molecule has 3 unspecified atom stereocenters. The van der Waals surface area contributed by atoms with E-state index in [-0.39, 0.29) is 12.2 Å². The van der Waals surface area contributed by atoms with Crippen molar-refractivity contribution in [2.45, 2.75) is 44.5 Å². The summed E-state index contributed by atoms with van der Waals surface area (Å²) in [6, 6.07) is 5.44. The first-order valence-corrected chi connectivity index (χ1v) is 6.59. The number of benzene rings is 1. The molecule has 1 aliphatic rings. The maximum atomic E-state index is 10.1. The van der Waals surface area contributed by atoms with Gasteiger partial charge < -0.3 is 9.84 Å². The zero-order chi connectivity index (χ0) is 12.4. The molecule has 0 aliphatic carbocycles. The Balaban J connectivity index is 1.98. The molecule has 2 rings (SSSR count). The average Bonchev–Trinajstić information content (AvgIpc) is 2.70. The summed E-state index contributed by atoms with van der Waals surface area (Å²) < 4.78 is 5.64. The van der Waals surface area contributed by atoms with Crippen LogP contribution >= 0.6 is 23.2 Å². The smallest absolute Gasteiger partial charge is 0.0842 e. The van der Waals surface area contributed by atoms with Crippen LogP contribution in [0.1, 0.15) is 25.3 Å². The van der Waals surface area contributed by atoms with E-state index in [4.69, 9.17) is 27.9 Å². The van der Waals surface area contributed by atoms with Crippen molar-refractivity contribution in [3.05, 3.63) is 33.8 Å². The van der Waals surface area contributed by atoms with Crippen LogP contribution in [0.3, 0.4) is 0 Å². The van der Waals surface area contributed by atoms with Gasteiger partial charge in [0, 0.05) is 6.42 Å². The second-order valence-electron chi connectivity index (χ2n) is 4.58. The average molecular weight is 275 g/mol. The fourth-order valence-corrected chi connectivity index (χ4v) is 2.48. The molecule has 0 bridgehead atoms. The third-order valence-electron chi connectivity index (χ3n) is 3.12. The first-order valence-electron chi connectivity index (χ1n) is 5.83. The standard InChI is InChI=1S/C13H16Cl2O2/c1-8-2-5-13(17-8)12(16)7-9-3-4-10(14)11(15)6-9/h3-4,6,8,12-13,16H,2,5,7H2,1H3. The number of aliphatic hydroxyl groups excluding tert-OH is 1. The molecule has 1 saturated heterocycles. The summed E-state index contributed by atoms with van der Waals surface area (Å²) in [5.41, 5.74) is 0.982. The summed E-state index contributed by atoms with van der Waals surface area (Å²) >= 11 is 11.8. The minimum atomic E-state index is -0.475. The Kier molecular flexibility index (Phi) is 4.31. The van der Waals surface area contributed by atoms with E-state index >= 15 is 0 Å². The molecule has 17 heavy (non-hydrogen) atoms. The van der Waals surface area contributed by atoms with Gasteiger partial charge in [0.1, 0.15) is 0 Å². The van der Waals surface area contributed by atoms with Gasteiger partial charge in [0.2, 0.25) is 0 Å². The van der Waals surface area contributed by atoms with Crippen molar-refractivity contribution < 1.29 is 9.84 Å². The van der Waals surface area contributed by atoms with Crippen LogP contribution in [-0.2, 0) is 11.2 Å². The number of aliphatic hydroxyl groups is 1. The van der Waals surface area contributed by atoms with Gasteiger partial charge in [-0.1, -0.05) is 29.3 Å². The summed E-state index contributed by atoms with van der Waals surface area (Å²) in [4.78, 5) is 0. The van der Waals surface area contributed by atoms with E-state index in [9.17, 15) is 5.11 Å². The van der Waals surface area contributed by atoms with Crippen molar-refractivity contribution in [3.63, 3.8) is 0 Å². The van der Waals surface area contributed by atoms with Gasteiger partial charge in [-0.3, -0.25) is 0 Å². The number of ether oxygens (including phenoxy) is 1. The fourth-order valence-electron chi connectivity index (χ4n) is 2.16. The van der Waals surface area contributed by atoms with Crippen LogP contribution in [0.25, 0.3) is 0 Å². The Morgan fingerprint density at radius 2 is 2.12 bits per heavy atom. The van der Waals surface area contributed by atoms with Crippen molar-refractivity contribution >= 4 is 23.2 Å². The molecule has 3 atom stereocenters. The van der Waals surface area contributed by atoms with Crippen molar-refractivity contribution in [2.24, 2.45) is 0 Å². The first kappa shape index (κ1) is 13.2. The third kappa shape index (κ3) is 3.35. The summed E-state index contributed by atoms with van der Waals surface area (Å²) in [5, 5.41) is 11.1. The van der Waals surface area contributed by atoms with Gasteiger partial charge in [0.15, 0.2) is 0 Å².